The number of hydrogen-bond donors (Lipinski definition) is 1. The molecule has 0 atom stereocenters. The maximum atomic E-state index is 11.7. The highest BCUT2D eigenvalue weighted by Crippen LogP contribution is 2.26. The number of aryl methyl sites for hydroxylation is 2. The summed E-state index contributed by atoms with van der Waals surface area (Å²) in [6, 6.07) is 5.97. The maximum Gasteiger partial charge on any atom is 0.350 e. The fourth-order valence-electron chi connectivity index (χ4n) is 2.22. The lowest BCUT2D eigenvalue weighted by Crippen LogP contribution is -2.42. The van der Waals surface area contributed by atoms with Crippen LogP contribution in [0.3, 0.4) is 0 Å². The van der Waals surface area contributed by atoms with E-state index in [0.29, 0.717) is 0 Å². The Morgan fingerprint density at radius 1 is 1.10 bits per heavy atom. The van der Waals surface area contributed by atoms with Crippen molar-refractivity contribution in [3.63, 3.8) is 0 Å². The average Bonchev–Trinajstić information content (AvgIpc) is 2.29. The molecular formula is C15H15NO4. The summed E-state index contributed by atoms with van der Waals surface area (Å²) in [6.07, 6.45) is 3.52. The Hall–Kier alpha value is -2.30. The zero-order chi connectivity index (χ0) is 14.3. The molecule has 0 saturated carbocycles. The van der Waals surface area contributed by atoms with Crippen molar-refractivity contribution in [2.45, 2.75) is 32.5 Å². The molecule has 3 rings (SSSR count). The number of hydrogen-bond acceptors (Lipinski definition) is 5. The number of carbonyl (C=O) groups is 2. The van der Waals surface area contributed by atoms with Gasteiger partial charge in [-0.25, -0.2) is 9.59 Å². The number of esters is 2. The molecule has 1 fully saturated rings. The smallest absolute Gasteiger partial charge is 0.350 e. The lowest BCUT2D eigenvalue weighted by molar-refractivity contribution is -0.222. The molecule has 1 aromatic carbocycles. The number of ether oxygens (including phenoxy) is 2. The zero-order valence-electron chi connectivity index (χ0n) is 11.4. The number of nitrogens with one attached hydrogen (secondary N) is 1. The minimum Gasteiger partial charge on any atom is -0.419 e. The normalized spacial score (nSPS) is 19.4. The number of anilines is 1. The van der Waals surface area contributed by atoms with E-state index in [1.807, 2.05) is 18.2 Å². The van der Waals surface area contributed by atoms with Crippen molar-refractivity contribution in [2.75, 3.05) is 5.32 Å². The summed E-state index contributed by atoms with van der Waals surface area (Å²) < 4.78 is 10.0. The van der Waals surface area contributed by atoms with Crippen LogP contribution in [0.2, 0.25) is 0 Å². The number of rotatable bonds is 2. The van der Waals surface area contributed by atoms with Gasteiger partial charge in [0, 0.05) is 25.7 Å². The SMILES string of the molecule is CC1(C)OC(=O)C(=CNc2ccc3c(c2)CC3)C(=O)O1. The molecule has 1 saturated heterocycles. The maximum absolute atomic E-state index is 11.7. The van der Waals surface area contributed by atoms with E-state index < -0.39 is 17.7 Å². The van der Waals surface area contributed by atoms with Crippen molar-refractivity contribution in [3.05, 3.63) is 41.1 Å². The lowest BCUT2D eigenvalue weighted by atomic mass is 9.88. The standard InChI is InChI=1S/C15H15NO4/c1-15(2)19-13(17)12(14(18)20-15)8-16-11-6-5-9-3-4-10(9)7-11/h5-8,16H,3-4H2,1-2H3. The average molecular weight is 273 g/mol. The van der Waals surface area contributed by atoms with Crippen LogP contribution in [0, 0.1) is 0 Å². The zero-order valence-corrected chi connectivity index (χ0v) is 11.4. The van der Waals surface area contributed by atoms with Crippen LogP contribution in [-0.4, -0.2) is 17.7 Å². The van der Waals surface area contributed by atoms with Gasteiger partial charge >= 0.3 is 11.9 Å². The van der Waals surface area contributed by atoms with E-state index >= 15 is 0 Å². The van der Waals surface area contributed by atoms with Crippen molar-refractivity contribution < 1.29 is 19.1 Å². The first kappa shape index (κ1) is 12.7. The molecule has 0 spiro atoms. The van der Waals surface area contributed by atoms with Crippen LogP contribution >= 0.6 is 0 Å². The second-order valence-electron chi connectivity index (χ2n) is 5.36. The third kappa shape index (κ3) is 2.27. The molecule has 0 aromatic heterocycles. The van der Waals surface area contributed by atoms with E-state index in [0.717, 1.165) is 18.5 Å². The summed E-state index contributed by atoms with van der Waals surface area (Å²) in [5.74, 6) is -2.56. The molecule has 1 heterocycles. The Balaban J connectivity index is 1.76. The first-order valence-electron chi connectivity index (χ1n) is 6.50. The first-order valence-corrected chi connectivity index (χ1v) is 6.50. The molecule has 0 radical (unpaired) electrons. The van der Waals surface area contributed by atoms with E-state index in [1.54, 1.807) is 0 Å². The Labute approximate surface area is 116 Å². The molecule has 1 aromatic rings. The highest BCUT2D eigenvalue weighted by atomic mass is 16.7. The van der Waals surface area contributed by atoms with Crippen molar-refractivity contribution >= 4 is 17.6 Å². The van der Waals surface area contributed by atoms with Crippen molar-refractivity contribution in [1.29, 1.82) is 0 Å². The largest absolute Gasteiger partial charge is 0.419 e. The number of carbonyl (C=O) groups excluding carboxylic acids is 2. The topological polar surface area (TPSA) is 64.6 Å². The van der Waals surface area contributed by atoms with Gasteiger partial charge in [0.1, 0.15) is 0 Å². The monoisotopic (exact) mass is 273 g/mol. The third-order valence-electron chi connectivity index (χ3n) is 3.37. The van der Waals surface area contributed by atoms with Crippen molar-refractivity contribution in [3.8, 4) is 0 Å². The van der Waals surface area contributed by atoms with Gasteiger partial charge in [-0.2, -0.15) is 0 Å². The van der Waals surface area contributed by atoms with Crippen molar-refractivity contribution in [2.24, 2.45) is 0 Å². The fraction of sp³-hybridized carbons (Fsp3) is 0.333. The predicted octanol–water partition coefficient (Wildman–Crippen LogP) is 1.92. The summed E-state index contributed by atoms with van der Waals surface area (Å²) in [5, 5.41) is 2.94. The summed E-state index contributed by atoms with van der Waals surface area (Å²) in [6.45, 7) is 3.04. The Morgan fingerprint density at radius 2 is 1.75 bits per heavy atom. The third-order valence-corrected chi connectivity index (χ3v) is 3.37. The molecule has 1 aliphatic carbocycles. The summed E-state index contributed by atoms with van der Waals surface area (Å²) >= 11 is 0. The van der Waals surface area contributed by atoms with E-state index in [-0.39, 0.29) is 5.57 Å². The Morgan fingerprint density at radius 3 is 2.30 bits per heavy atom. The van der Waals surface area contributed by atoms with Gasteiger partial charge < -0.3 is 14.8 Å². The van der Waals surface area contributed by atoms with Crippen LogP contribution in [0.15, 0.2) is 30.0 Å². The quantitative estimate of drug-likeness (QED) is 0.506. The van der Waals surface area contributed by atoms with Gasteiger partial charge in [0.25, 0.3) is 5.79 Å². The molecule has 1 N–H and O–H groups in total. The van der Waals surface area contributed by atoms with Crippen molar-refractivity contribution in [1.82, 2.24) is 0 Å². The molecule has 5 nitrogen and oxygen atoms in total. The minimum atomic E-state index is -1.21. The molecule has 0 unspecified atom stereocenters. The van der Waals surface area contributed by atoms with Crippen LogP contribution in [0.25, 0.3) is 0 Å². The fourth-order valence-corrected chi connectivity index (χ4v) is 2.22. The Kier molecular flexibility index (Phi) is 2.78. The van der Waals surface area contributed by atoms with E-state index in [9.17, 15) is 9.59 Å². The van der Waals surface area contributed by atoms with E-state index in [1.165, 1.54) is 31.2 Å². The van der Waals surface area contributed by atoms with Crippen LogP contribution in [0.1, 0.15) is 25.0 Å². The molecule has 0 amide bonds. The summed E-state index contributed by atoms with van der Waals surface area (Å²) in [4.78, 5) is 23.5. The van der Waals surface area contributed by atoms with Crippen LogP contribution in [0.5, 0.6) is 0 Å². The molecule has 1 aliphatic heterocycles. The highest BCUT2D eigenvalue weighted by molar-refractivity contribution is 6.15. The minimum absolute atomic E-state index is 0.132. The molecule has 104 valence electrons. The summed E-state index contributed by atoms with van der Waals surface area (Å²) in [7, 11) is 0. The molecular weight excluding hydrogens is 258 g/mol. The summed E-state index contributed by atoms with van der Waals surface area (Å²) in [5.41, 5.74) is 3.35. The van der Waals surface area contributed by atoms with Crippen LogP contribution in [-0.2, 0) is 31.9 Å². The first-order chi connectivity index (χ1) is 9.44. The lowest BCUT2D eigenvalue weighted by Gasteiger charge is -2.29. The van der Waals surface area contributed by atoms with Gasteiger partial charge in [0.2, 0.25) is 0 Å². The second-order valence-corrected chi connectivity index (χ2v) is 5.36. The second kappa shape index (κ2) is 4.37. The molecule has 0 bridgehead atoms. The van der Waals surface area contributed by atoms with Crippen LogP contribution in [0.4, 0.5) is 5.69 Å². The van der Waals surface area contributed by atoms with Gasteiger partial charge in [-0.05, 0) is 36.1 Å². The Bertz CT molecular complexity index is 609. The van der Waals surface area contributed by atoms with Gasteiger partial charge in [-0.3, -0.25) is 0 Å². The number of fused-ring (bicyclic) bond motifs is 1. The number of cyclic esters (lactones) is 2. The predicted molar refractivity (Wildman–Crippen MR) is 71.8 cm³/mol. The molecule has 5 heteroatoms. The van der Waals surface area contributed by atoms with Gasteiger partial charge in [0.05, 0.1) is 0 Å². The highest BCUT2D eigenvalue weighted by Gasteiger charge is 2.38. The van der Waals surface area contributed by atoms with Gasteiger partial charge in [-0.15, -0.1) is 0 Å². The molecule has 2 aliphatic rings. The van der Waals surface area contributed by atoms with E-state index in [4.69, 9.17) is 9.47 Å². The van der Waals surface area contributed by atoms with Gasteiger partial charge in [-0.1, -0.05) is 6.07 Å². The van der Waals surface area contributed by atoms with Gasteiger partial charge in [0.15, 0.2) is 5.57 Å². The number of benzene rings is 1. The van der Waals surface area contributed by atoms with E-state index in [2.05, 4.69) is 5.32 Å². The molecule has 20 heavy (non-hydrogen) atoms. The van der Waals surface area contributed by atoms with Crippen LogP contribution < -0.4 is 5.32 Å².